The molecule has 0 bridgehead atoms. The van der Waals surface area contributed by atoms with Crippen molar-refractivity contribution in [2.45, 2.75) is 0 Å². The van der Waals surface area contributed by atoms with Gasteiger partial charge >= 0.3 is 0 Å². The van der Waals surface area contributed by atoms with Crippen molar-refractivity contribution in [3.05, 3.63) is 176 Å². The van der Waals surface area contributed by atoms with E-state index in [0.29, 0.717) is 0 Å². The van der Waals surface area contributed by atoms with Gasteiger partial charge in [-0.3, -0.25) is 0 Å². The Balaban J connectivity index is 1.10. The Morgan fingerprint density at radius 1 is 0.304 bits per heavy atom. The van der Waals surface area contributed by atoms with Crippen LogP contribution in [-0.4, -0.2) is 0 Å². The molecule has 0 aliphatic heterocycles. The van der Waals surface area contributed by atoms with Gasteiger partial charge in [0.05, 0.1) is 0 Å². The zero-order valence-corrected chi connectivity index (χ0v) is 25.1. The fraction of sp³-hybridized carbons (Fsp3) is 0. The van der Waals surface area contributed by atoms with E-state index in [9.17, 15) is 0 Å². The van der Waals surface area contributed by atoms with Crippen LogP contribution in [0.3, 0.4) is 0 Å². The molecule has 1 heterocycles. The molecule has 216 valence electrons. The molecule has 0 saturated heterocycles. The molecular formula is C44H29NO. The highest BCUT2D eigenvalue weighted by Gasteiger charge is 2.16. The molecule has 9 rings (SSSR count). The third kappa shape index (κ3) is 4.60. The summed E-state index contributed by atoms with van der Waals surface area (Å²) in [6, 6.07) is 62.9. The maximum atomic E-state index is 6.13. The topological polar surface area (TPSA) is 16.4 Å². The van der Waals surface area contributed by atoms with Crippen molar-refractivity contribution in [3.63, 3.8) is 0 Å². The number of hydrogen-bond acceptors (Lipinski definition) is 2. The second-order valence-electron chi connectivity index (χ2n) is 11.8. The third-order valence-corrected chi connectivity index (χ3v) is 8.99. The van der Waals surface area contributed by atoms with Crippen molar-refractivity contribution in [2.75, 3.05) is 4.90 Å². The summed E-state index contributed by atoms with van der Waals surface area (Å²) in [6.07, 6.45) is 0. The number of para-hydroxylation sites is 2. The minimum atomic E-state index is 0.897. The normalized spacial score (nSPS) is 11.5. The Hall–Kier alpha value is -6.12. The Bertz CT molecular complexity index is 2540. The van der Waals surface area contributed by atoms with Crippen molar-refractivity contribution in [1.29, 1.82) is 0 Å². The number of nitrogens with zero attached hydrogens (tertiary/aromatic N) is 1. The Kier molecular flexibility index (Phi) is 6.17. The van der Waals surface area contributed by atoms with Crippen LogP contribution in [0.5, 0.6) is 0 Å². The average molecular weight is 588 g/mol. The number of hydrogen-bond donors (Lipinski definition) is 0. The number of benzene rings is 8. The van der Waals surface area contributed by atoms with Gasteiger partial charge in [0.1, 0.15) is 11.2 Å². The summed E-state index contributed by atoms with van der Waals surface area (Å²) in [5.74, 6) is 0. The maximum Gasteiger partial charge on any atom is 0.135 e. The van der Waals surface area contributed by atoms with Gasteiger partial charge in [-0.25, -0.2) is 0 Å². The molecule has 0 amide bonds. The SMILES string of the molecule is c1ccc(N(c2ccc3cc(-c4cccc(-c5ccc6ccccc6c5)c4)ccc3c2)c2ccc3oc4ccccc4c3c2)cc1. The van der Waals surface area contributed by atoms with Crippen molar-refractivity contribution >= 4 is 60.5 Å². The lowest BCUT2D eigenvalue weighted by Gasteiger charge is -2.26. The van der Waals surface area contributed by atoms with Crippen LogP contribution >= 0.6 is 0 Å². The lowest BCUT2D eigenvalue weighted by atomic mass is 9.96. The molecule has 46 heavy (non-hydrogen) atoms. The minimum Gasteiger partial charge on any atom is -0.456 e. The minimum absolute atomic E-state index is 0.897. The zero-order valence-electron chi connectivity index (χ0n) is 25.1. The quantitative estimate of drug-likeness (QED) is 0.199. The van der Waals surface area contributed by atoms with Crippen molar-refractivity contribution in [3.8, 4) is 22.3 Å². The molecule has 9 aromatic rings. The van der Waals surface area contributed by atoms with Crippen LogP contribution < -0.4 is 4.90 Å². The smallest absolute Gasteiger partial charge is 0.135 e. The first-order chi connectivity index (χ1) is 22.8. The van der Waals surface area contributed by atoms with E-state index < -0.39 is 0 Å². The van der Waals surface area contributed by atoms with E-state index in [0.717, 1.165) is 39.0 Å². The summed E-state index contributed by atoms with van der Waals surface area (Å²) in [7, 11) is 0. The molecular weight excluding hydrogens is 558 g/mol. The van der Waals surface area contributed by atoms with E-state index in [1.54, 1.807) is 0 Å². The molecule has 0 saturated carbocycles. The summed E-state index contributed by atoms with van der Waals surface area (Å²) in [4.78, 5) is 2.32. The van der Waals surface area contributed by atoms with Crippen LogP contribution in [0.2, 0.25) is 0 Å². The first-order valence-electron chi connectivity index (χ1n) is 15.7. The van der Waals surface area contributed by atoms with Gasteiger partial charge in [0.15, 0.2) is 0 Å². The Morgan fingerprint density at radius 3 is 1.70 bits per heavy atom. The molecule has 1 aromatic heterocycles. The van der Waals surface area contributed by atoms with Gasteiger partial charge in [0, 0.05) is 27.8 Å². The molecule has 0 aliphatic carbocycles. The molecule has 8 aromatic carbocycles. The van der Waals surface area contributed by atoms with Gasteiger partial charge < -0.3 is 9.32 Å². The van der Waals surface area contributed by atoms with E-state index in [4.69, 9.17) is 4.42 Å². The first kappa shape index (κ1) is 26.3. The van der Waals surface area contributed by atoms with E-state index in [1.807, 2.05) is 12.1 Å². The van der Waals surface area contributed by atoms with Gasteiger partial charge in [-0.1, -0.05) is 109 Å². The second kappa shape index (κ2) is 10.8. The van der Waals surface area contributed by atoms with Gasteiger partial charge in [0.2, 0.25) is 0 Å². The standard InChI is InChI=1S/C44H29NO/c1-2-13-38(14-3-1)45(40-23-24-44-42(29-40)41-15-6-7-16-43(41)46-44)39-22-21-36-27-35(19-20-37(36)28-39)33-12-8-11-32(26-33)34-18-17-30-9-4-5-10-31(30)25-34/h1-29H. The van der Waals surface area contributed by atoms with Crippen LogP contribution in [-0.2, 0) is 0 Å². The molecule has 0 unspecified atom stereocenters. The van der Waals surface area contributed by atoms with Crippen molar-refractivity contribution < 1.29 is 4.42 Å². The zero-order chi connectivity index (χ0) is 30.5. The van der Waals surface area contributed by atoms with Gasteiger partial charge in [0.25, 0.3) is 0 Å². The van der Waals surface area contributed by atoms with Gasteiger partial charge in [-0.15, -0.1) is 0 Å². The first-order valence-corrected chi connectivity index (χ1v) is 15.7. The molecule has 0 spiro atoms. The predicted molar refractivity (Wildman–Crippen MR) is 194 cm³/mol. The third-order valence-electron chi connectivity index (χ3n) is 8.99. The van der Waals surface area contributed by atoms with Crippen LogP contribution in [0.1, 0.15) is 0 Å². The van der Waals surface area contributed by atoms with Crippen LogP contribution in [0.25, 0.3) is 65.7 Å². The van der Waals surface area contributed by atoms with E-state index in [-0.39, 0.29) is 0 Å². The maximum absolute atomic E-state index is 6.13. The van der Waals surface area contributed by atoms with Crippen molar-refractivity contribution in [2.24, 2.45) is 0 Å². The molecule has 0 radical (unpaired) electrons. The monoisotopic (exact) mass is 587 g/mol. The van der Waals surface area contributed by atoms with E-state index >= 15 is 0 Å². The number of furan rings is 1. The lowest BCUT2D eigenvalue weighted by molar-refractivity contribution is 0.669. The number of rotatable bonds is 5. The molecule has 0 aliphatic rings. The second-order valence-corrected chi connectivity index (χ2v) is 11.8. The predicted octanol–water partition coefficient (Wildman–Crippen LogP) is 12.7. The molecule has 0 fully saturated rings. The molecule has 2 nitrogen and oxygen atoms in total. The summed E-state index contributed by atoms with van der Waals surface area (Å²) in [5, 5.41) is 7.17. The number of anilines is 3. The average Bonchev–Trinajstić information content (AvgIpc) is 3.50. The van der Waals surface area contributed by atoms with Crippen LogP contribution in [0.4, 0.5) is 17.1 Å². The highest BCUT2D eigenvalue weighted by atomic mass is 16.3. The van der Waals surface area contributed by atoms with Crippen LogP contribution in [0.15, 0.2) is 180 Å². The Labute approximate surface area is 267 Å². The fourth-order valence-electron chi connectivity index (χ4n) is 6.68. The summed E-state index contributed by atoms with van der Waals surface area (Å²) >= 11 is 0. The van der Waals surface area contributed by atoms with Gasteiger partial charge in [-0.05, 0) is 111 Å². The largest absolute Gasteiger partial charge is 0.456 e. The molecule has 0 N–H and O–H groups in total. The summed E-state index contributed by atoms with van der Waals surface area (Å²) < 4.78 is 6.13. The number of fused-ring (bicyclic) bond motifs is 5. The fourth-order valence-corrected chi connectivity index (χ4v) is 6.68. The summed E-state index contributed by atoms with van der Waals surface area (Å²) in [6.45, 7) is 0. The highest BCUT2D eigenvalue weighted by Crippen LogP contribution is 2.40. The summed E-state index contributed by atoms with van der Waals surface area (Å²) in [5.41, 5.74) is 9.98. The molecule has 2 heteroatoms. The Morgan fingerprint density at radius 2 is 0.870 bits per heavy atom. The van der Waals surface area contributed by atoms with Crippen LogP contribution in [0, 0.1) is 0 Å². The van der Waals surface area contributed by atoms with E-state index in [1.165, 1.54) is 43.8 Å². The highest BCUT2D eigenvalue weighted by molar-refractivity contribution is 6.06. The lowest BCUT2D eigenvalue weighted by Crippen LogP contribution is -2.09. The molecule has 0 atom stereocenters. The van der Waals surface area contributed by atoms with E-state index in [2.05, 4.69) is 169 Å². The van der Waals surface area contributed by atoms with Crippen molar-refractivity contribution in [1.82, 2.24) is 0 Å². The van der Waals surface area contributed by atoms with Gasteiger partial charge in [-0.2, -0.15) is 0 Å².